The third kappa shape index (κ3) is 3.43. The third-order valence-corrected chi connectivity index (χ3v) is 9.15. The lowest BCUT2D eigenvalue weighted by Gasteiger charge is -2.67. The molecule has 188 valence electrons. The summed E-state index contributed by atoms with van der Waals surface area (Å²) in [5.41, 5.74) is -1.90. The van der Waals surface area contributed by atoms with Crippen LogP contribution >= 0.6 is 0 Å². The maximum Gasteiger partial charge on any atom is 0.303 e. The number of aliphatic hydroxyl groups is 1. The summed E-state index contributed by atoms with van der Waals surface area (Å²) in [7, 11) is 0. The SMILES string of the molecule is C=C1C(=O)[C@]23C[C@H]1C[C@H](O)[C@H]2C1(C)C[C@H](OC(C)=O)[C@H](OC(C)=O)C(C)(C)[C@H]1[C@@H](OC(C)=O)C3. The van der Waals surface area contributed by atoms with E-state index in [4.69, 9.17) is 14.2 Å². The first-order valence-electron chi connectivity index (χ1n) is 12.1. The van der Waals surface area contributed by atoms with Gasteiger partial charge in [0.2, 0.25) is 0 Å². The number of ether oxygens (including phenoxy) is 3. The first kappa shape index (κ1) is 24.9. The zero-order valence-corrected chi connectivity index (χ0v) is 20.9. The minimum atomic E-state index is -0.893. The Hall–Kier alpha value is -2.22. The molecule has 4 fully saturated rings. The third-order valence-electron chi connectivity index (χ3n) is 9.15. The molecule has 2 bridgehead atoms. The molecule has 4 aliphatic carbocycles. The highest BCUT2D eigenvalue weighted by Gasteiger charge is 2.74. The molecule has 0 aromatic heterocycles. The van der Waals surface area contributed by atoms with Crippen molar-refractivity contribution in [2.75, 3.05) is 0 Å². The van der Waals surface area contributed by atoms with Crippen LogP contribution in [0.4, 0.5) is 0 Å². The Bertz CT molecular complexity index is 952. The number of hydrogen-bond donors (Lipinski definition) is 1. The molecule has 0 saturated heterocycles. The predicted molar refractivity (Wildman–Crippen MR) is 120 cm³/mol. The van der Waals surface area contributed by atoms with E-state index in [9.17, 15) is 24.3 Å². The topological polar surface area (TPSA) is 116 Å². The Morgan fingerprint density at radius 1 is 0.882 bits per heavy atom. The van der Waals surface area contributed by atoms with E-state index in [2.05, 4.69) is 6.58 Å². The van der Waals surface area contributed by atoms with E-state index in [1.165, 1.54) is 20.8 Å². The van der Waals surface area contributed by atoms with Gasteiger partial charge in [-0.25, -0.2) is 0 Å². The fourth-order valence-electron chi connectivity index (χ4n) is 8.74. The smallest absolute Gasteiger partial charge is 0.303 e. The maximum atomic E-state index is 13.7. The molecule has 1 unspecified atom stereocenters. The molecule has 4 rings (SSSR count). The van der Waals surface area contributed by atoms with Crippen LogP contribution in [-0.2, 0) is 33.4 Å². The zero-order valence-electron chi connectivity index (χ0n) is 20.9. The number of ketones is 1. The number of rotatable bonds is 3. The number of hydrogen-bond acceptors (Lipinski definition) is 8. The molecule has 8 heteroatoms. The maximum absolute atomic E-state index is 13.7. The summed E-state index contributed by atoms with van der Waals surface area (Å²) < 4.78 is 17.3. The van der Waals surface area contributed by atoms with Crippen LogP contribution in [0.15, 0.2) is 12.2 Å². The van der Waals surface area contributed by atoms with E-state index in [1.807, 2.05) is 20.8 Å². The van der Waals surface area contributed by atoms with Crippen molar-refractivity contribution in [1.82, 2.24) is 0 Å². The van der Waals surface area contributed by atoms with Gasteiger partial charge in [0.15, 0.2) is 5.78 Å². The Morgan fingerprint density at radius 3 is 2.00 bits per heavy atom. The van der Waals surface area contributed by atoms with Crippen molar-refractivity contribution in [1.29, 1.82) is 0 Å². The van der Waals surface area contributed by atoms with Gasteiger partial charge < -0.3 is 19.3 Å². The number of allylic oxidation sites excluding steroid dienone is 1. The van der Waals surface area contributed by atoms with Gasteiger partial charge in [-0.05, 0) is 42.6 Å². The standard InChI is InChI=1S/C26H36O8/c1-12-16-8-17(30)20-25(7)10-19(33-14(3)28)23(34-15(4)29)24(5,6)21(25)18(32-13(2)27)11-26(20,9-16)22(12)31/h16-21,23,30H,1,8-11H2,2-7H3/t16-,17+,18+,19+,20+,21-,23+,25?,26+/m1/s1. The molecule has 0 radical (unpaired) electrons. The lowest BCUT2D eigenvalue weighted by Crippen LogP contribution is -2.71. The van der Waals surface area contributed by atoms with Crippen molar-refractivity contribution in [2.45, 2.75) is 91.6 Å². The second-order valence-electron chi connectivity index (χ2n) is 11.7. The fraction of sp³-hybridized carbons (Fsp3) is 0.769. The largest absolute Gasteiger partial charge is 0.462 e. The van der Waals surface area contributed by atoms with Crippen LogP contribution in [0.1, 0.15) is 67.2 Å². The first-order valence-corrected chi connectivity index (χ1v) is 12.1. The van der Waals surface area contributed by atoms with Crippen LogP contribution in [0.25, 0.3) is 0 Å². The number of Topliss-reactive ketones (excluding diaryl/α,β-unsaturated/α-hetero) is 1. The minimum Gasteiger partial charge on any atom is -0.462 e. The number of carbonyl (C=O) groups excluding carboxylic acids is 4. The summed E-state index contributed by atoms with van der Waals surface area (Å²) in [5.74, 6) is -2.40. The van der Waals surface area contributed by atoms with Crippen LogP contribution < -0.4 is 0 Å². The molecule has 0 aliphatic heterocycles. The summed E-state index contributed by atoms with van der Waals surface area (Å²) in [6, 6.07) is 0. The molecule has 4 saturated carbocycles. The lowest BCUT2D eigenvalue weighted by molar-refractivity contribution is -0.271. The van der Waals surface area contributed by atoms with Crippen LogP contribution in [0.3, 0.4) is 0 Å². The van der Waals surface area contributed by atoms with Crippen molar-refractivity contribution in [3.05, 3.63) is 12.2 Å². The second-order valence-corrected chi connectivity index (χ2v) is 11.7. The minimum absolute atomic E-state index is 0.0557. The second kappa shape index (κ2) is 7.90. The summed E-state index contributed by atoms with van der Waals surface area (Å²) in [4.78, 5) is 50.0. The molecular weight excluding hydrogens is 440 g/mol. The van der Waals surface area contributed by atoms with Crippen molar-refractivity contribution in [3.8, 4) is 0 Å². The van der Waals surface area contributed by atoms with Gasteiger partial charge in [-0.3, -0.25) is 19.2 Å². The van der Waals surface area contributed by atoms with Crippen molar-refractivity contribution < 1.29 is 38.5 Å². The molecule has 8 nitrogen and oxygen atoms in total. The summed E-state index contributed by atoms with van der Waals surface area (Å²) in [6.07, 6.45) is -1.36. The molecule has 0 heterocycles. The highest BCUT2D eigenvalue weighted by Crippen LogP contribution is 2.71. The monoisotopic (exact) mass is 476 g/mol. The summed E-state index contributed by atoms with van der Waals surface area (Å²) in [6.45, 7) is 13.8. The average Bonchev–Trinajstić information content (AvgIpc) is 2.83. The van der Waals surface area contributed by atoms with E-state index in [1.54, 1.807) is 0 Å². The first-order chi connectivity index (χ1) is 15.6. The van der Waals surface area contributed by atoms with Gasteiger partial charge >= 0.3 is 17.9 Å². The van der Waals surface area contributed by atoms with Gasteiger partial charge in [-0.2, -0.15) is 0 Å². The van der Waals surface area contributed by atoms with Crippen LogP contribution in [0, 0.1) is 34.0 Å². The Kier molecular flexibility index (Phi) is 5.78. The quantitative estimate of drug-likeness (QED) is 0.376. The molecule has 9 atom stereocenters. The number of fused-ring (bicyclic) bond motifs is 3. The van der Waals surface area contributed by atoms with Gasteiger partial charge in [0.1, 0.15) is 18.3 Å². The molecule has 0 amide bonds. The fourth-order valence-corrected chi connectivity index (χ4v) is 8.74. The lowest BCUT2D eigenvalue weighted by atomic mass is 9.39. The van der Waals surface area contributed by atoms with E-state index < -0.39 is 64.5 Å². The van der Waals surface area contributed by atoms with Gasteiger partial charge in [0.25, 0.3) is 0 Å². The van der Waals surface area contributed by atoms with Gasteiger partial charge in [-0.1, -0.05) is 27.4 Å². The molecule has 0 aromatic carbocycles. The molecule has 0 aromatic rings. The number of carbonyl (C=O) groups is 4. The van der Waals surface area contributed by atoms with E-state index >= 15 is 0 Å². The normalized spacial score (nSPS) is 44.5. The molecule has 34 heavy (non-hydrogen) atoms. The van der Waals surface area contributed by atoms with Crippen LogP contribution in [0.2, 0.25) is 0 Å². The number of esters is 3. The average molecular weight is 477 g/mol. The van der Waals surface area contributed by atoms with E-state index in [0.29, 0.717) is 18.4 Å². The Balaban J connectivity index is 1.91. The Morgan fingerprint density at radius 2 is 1.44 bits per heavy atom. The molecule has 1 N–H and O–H groups in total. The zero-order chi connectivity index (χ0) is 25.4. The highest BCUT2D eigenvalue weighted by molar-refractivity contribution is 6.03. The van der Waals surface area contributed by atoms with Crippen molar-refractivity contribution in [2.24, 2.45) is 34.0 Å². The predicted octanol–water partition coefficient (Wildman–Crippen LogP) is 2.75. The van der Waals surface area contributed by atoms with Gasteiger partial charge in [0, 0.05) is 43.4 Å². The van der Waals surface area contributed by atoms with Crippen molar-refractivity contribution >= 4 is 23.7 Å². The van der Waals surface area contributed by atoms with Gasteiger partial charge in [0.05, 0.1) is 6.10 Å². The summed E-state index contributed by atoms with van der Waals surface area (Å²) in [5, 5.41) is 11.4. The summed E-state index contributed by atoms with van der Waals surface area (Å²) >= 11 is 0. The van der Waals surface area contributed by atoms with Crippen LogP contribution in [-0.4, -0.2) is 53.2 Å². The molecular formula is C26H36O8. The van der Waals surface area contributed by atoms with E-state index in [0.717, 1.165) is 0 Å². The highest BCUT2D eigenvalue weighted by atomic mass is 16.6. The Labute approximate surface area is 200 Å². The van der Waals surface area contributed by atoms with Crippen molar-refractivity contribution in [3.63, 3.8) is 0 Å². The molecule has 1 spiro atoms. The van der Waals surface area contributed by atoms with E-state index in [-0.39, 0.29) is 30.5 Å². The number of aliphatic hydroxyl groups excluding tert-OH is 1. The van der Waals surface area contributed by atoms with Crippen LogP contribution in [0.5, 0.6) is 0 Å². The van der Waals surface area contributed by atoms with Gasteiger partial charge in [-0.15, -0.1) is 0 Å². The molecule has 4 aliphatic rings.